The van der Waals surface area contributed by atoms with Crippen LogP contribution in [-0.4, -0.2) is 104 Å². The van der Waals surface area contributed by atoms with Crippen LogP contribution in [0.1, 0.15) is 56.7 Å². The average Bonchev–Trinajstić information content (AvgIpc) is 1.58. The van der Waals surface area contributed by atoms with E-state index in [1.165, 1.54) is 30.3 Å². The Balaban J connectivity index is 0.000000138. The van der Waals surface area contributed by atoms with Gasteiger partial charge in [-0.25, -0.2) is 32.9 Å². The van der Waals surface area contributed by atoms with Gasteiger partial charge in [0.25, 0.3) is 16.7 Å². The SMILES string of the molecule is C=CC(=O)N1CCC[C@@H](n2c(Cl)c(-c3ccc(Oc4ccccc4F)cc3)c3c(N)n[nH]c(=O)c32)C1.N#CN1CCC[C@@H](n2cc(-c3ccc(Oc4c(F)cccc4F)cc3)c3c(N)n[nH]c(=O)c32)C1.N#CN1CCC[C@@H](n2cc(-c3ccc(Oc4ccccc4)c(F)c3)c3c(N)n[nH]c(=O)c32)C1. The van der Waals surface area contributed by atoms with Crippen molar-refractivity contribution in [3.63, 3.8) is 0 Å². The highest BCUT2D eigenvalue weighted by molar-refractivity contribution is 6.35. The van der Waals surface area contributed by atoms with E-state index in [4.69, 9.17) is 43.0 Å². The second-order valence-corrected chi connectivity index (χ2v) is 25.0. The number of ether oxygens (including phenoxy) is 3. The van der Waals surface area contributed by atoms with Gasteiger partial charge in [-0.1, -0.05) is 84.9 Å². The Kier molecular flexibility index (Phi) is 19.7. The van der Waals surface area contributed by atoms with Gasteiger partial charge in [0.2, 0.25) is 5.91 Å². The number of fused-ring (bicyclic) bond motifs is 3. The molecule has 6 aromatic heterocycles. The van der Waals surface area contributed by atoms with Crippen molar-refractivity contribution in [2.75, 3.05) is 56.5 Å². The molecule has 24 nitrogen and oxygen atoms in total. The molecule has 29 heteroatoms. The summed E-state index contributed by atoms with van der Waals surface area (Å²) < 4.78 is 79.0. The Bertz CT molecular complexity index is 5480. The van der Waals surface area contributed by atoms with Gasteiger partial charge in [-0.05, 0) is 134 Å². The molecule has 3 aliphatic rings. The maximum absolute atomic E-state index is 15.0. The first-order valence-electron chi connectivity index (χ1n) is 32.7. The minimum atomic E-state index is -0.802. The number of nitrogens with zero attached hydrogens (tertiary/aromatic N) is 11. The van der Waals surface area contributed by atoms with Crippen LogP contribution in [0.15, 0.2) is 179 Å². The summed E-state index contributed by atoms with van der Waals surface area (Å²) in [7, 11) is 0. The quantitative estimate of drug-likeness (QED) is 0.0355. The van der Waals surface area contributed by atoms with Crippen molar-refractivity contribution in [1.29, 1.82) is 10.5 Å². The van der Waals surface area contributed by atoms with Crippen molar-refractivity contribution in [2.45, 2.75) is 56.7 Å². The molecule has 0 bridgehead atoms. The van der Waals surface area contributed by atoms with Gasteiger partial charge in [0.15, 0.2) is 70.4 Å². The Morgan fingerprint density at radius 2 is 1.00 bits per heavy atom. The standard InChI is InChI=1S/C26H23ClFN5O3.C24H20F2N6O2.C24H21FN6O2/c1-2-20(34)32-13-5-6-16(14-32)33-23-22(25(29)30-31-26(23)35)21(24(33)27)15-9-11-17(12-10-15)36-19-8-4-3-7-18(19)28;25-18-4-1-5-19(26)22(18)34-16-8-6-14(7-9-16)17-12-32(15-3-2-10-31(11-15)13-27)21-20(17)23(28)29-30-24(21)33;25-19-11-15(8-9-20(19)33-17-6-2-1-3-7-17)18-13-31(16-5-4-10-30(12-16)14-26)22-21(18)23(27)28-29-24(22)32/h2-4,7-12,16H,1,5-6,13-14H2,(H2,29,30)(H,31,35);1,4-9,12,15H,2-3,10-11H2,(H2,28,29)(H,30,33);1-3,6-9,11,13,16H,4-5,10,12H2,(H2,27,28)(H,29,32)/t16-;15-;16-/m111/s1. The van der Waals surface area contributed by atoms with E-state index in [-0.39, 0.29) is 69.9 Å². The molecule has 3 aliphatic heterocycles. The number of para-hydroxylation sites is 3. The first-order valence-corrected chi connectivity index (χ1v) is 33.1. The molecule has 3 atom stereocenters. The predicted octanol–water partition coefficient (Wildman–Crippen LogP) is 13.1. The third kappa shape index (κ3) is 14.0. The zero-order valence-electron chi connectivity index (χ0n) is 54.8. The number of piperidine rings is 3. The highest BCUT2D eigenvalue weighted by Gasteiger charge is 2.33. The van der Waals surface area contributed by atoms with Gasteiger partial charge in [0.1, 0.15) is 39.0 Å². The fourth-order valence-corrected chi connectivity index (χ4v) is 13.9. The molecule has 9 heterocycles. The van der Waals surface area contributed by atoms with Crippen molar-refractivity contribution < 1.29 is 36.6 Å². The largest absolute Gasteiger partial charge is 0.454 e. The van der Waals surface area contributed by atoms with Gasteiger partial charge in [-0.2, -0.15) is 25.8 Å². The van der Waals surface area contributed by atoms with E-state index < -0.39 is 34.6 Å². The smallest absolute Gasteiger partial charge is 0.288 e. The Morgan fingerprint density at radius 3 is 1.55 bits per heavy atom. The van der Waals surface area contributed by atoms with Gasteiger partial charge in [-0.3, -0.25) is 19.2 Å². The molecule has 9 N–H and O–H groups in total. The molecule has 1 amide bonds. The molecule has 0 spiro atoms. The molecule has 3 saturated heterocycles. The lowest BCUT2D eigenvalue weighted by Crippen LogP contribution is -2.40. The number of likely N-dealkylation sites (tertiary alicyclic amines) is 3. The number of benzene rings is 6. The second kappa shape index (κ2) is 29.6. The molecule has 0 unspecified atom stereocenters. The van der Waals surface area contributed by atoms with Crippen molar-refractivity contribution in [3.05, 3.63) is 224 Å². The van der Waals surface area contributed by atoms with Crippen LogP contribution in [0, 0.1) is 46.2 Å². The number of hydrogen-bond acceptors (Lipinski definition) is 17. The summed E-state index contributed by atoms with van der Waals surface area (Å²) in [5, 5.41) is 39.5. The van der Waals surface area contributed by atoms with Gasteiger partial charge < -0.3 is 59.8 Å². The van der Waals surface area contributed by atoms with Crippen LogP contribution < -0.4 is 48.1 Å². The number of anilines is 3. The highest BCUT2D eigenvalue weighted by atomic mass is 35.5. The number of nitrogens with two attached hydrogens (primary N) is 3. The van der Waals surface area contributed by atoms with Crippen LogP contribution in [0.2, 0.25) is 5.15 Å². The molecule has 6 aromatic carbocycles. The third-order valence-electron chi connectivity index (χ3n) is 18.3. The lowest BCUT2D eigenvalue weighted by atomic mass is 10.1. The first kappa shape index (κ1) is 68.7. The number of nitriles is 2. The second-order valence-electron chi connectivity index (χ2n) is 24.7. The number of H-pyrrole nitrogens is 3. The molecule has 15 rings (SSSR count). The molecule has 0 radical (unpaired) electrons. The number of nitrogens with one attached hydrogen (secondary N) is 3. The van der Waals surface area contributed by atoms with Crippen molar-refractivity contribution >= 4 is 67.7 Å². The Hall–Kier alpha value is -12.8. The fourth-order valence-electron chi connectivity index (χ4n) is 13.5. The summed E-state index contributed by atoms with van der Waals surface area (Å²) in [5.74, 6) is -1.42. The maximum atomic E-state index is 15.0. The van der Waals surface area contributed by atoms with Crippen molar-refractivity contribution in [2.24, 2.45) is 0 Å². The van der Waals surface area contributed by atoms with E-state index in [1.807, 2.05) is 33.5 Å². The molecule has 0 aliphatic carbocycles. The maximum Gasteiger partial charge on any atom is 0.288 e. The highest BCUT2D eigenvalue weighted by Crippen LogP contribution is 2.44. The number of aromatic amines is 3. The third-order valence-corrected chi connectivity index (χ3v) is 18.7. The summed E-state index contributed by atoms with van der Waals surface area (Å²) in [6, 6.07) is 36.3. The molecular weight excluding hydrogens is 1350 g/mol. The molecule has 3 fully saturated rings. The molecule has 103 heavy (non-hydrogen) atoms. The zero-order chi connectivity index (χ0) is 72.2. The predicted molar refractivity (Wildman–Crippen MR) is 381 cm³/mol. The summed E-state index contributed by atoms with van der Waals surface area (Å²) in [6.45, 7) is 6.90. The lowest BCUT2D eigenvalue weighted by molar-refractivity contribution is -0.127. The molecule has 522 valence electrons. The van der Waals surface area contributed by atoms with Crippen molar-refractivity contribution in [3.8, 4) is 80.3 Å². The number of hydrogen-bond donors (Lipinski definition) is 6. The van der Waals surface area contributed by atoms with E-state index in [2.05, 4.69) is 49.6 Å². The van der Waals surface area contributed by atoms with Gasteiger partial charge >= 0.3 is 0 Å². The van der Waals surface area contributed by atoms with Crippen LogP contribution >= 0.6 is 11.6 Å². The number of carbonyl (C=O) groups is 1. The topological polar surface area (TPSA) is 332 Å². The average molecular weight is 1410 g/mol. The lowest BCUT2D eigenvalue weighted by Gasteiger charge is -2.33. The van der Waals surface area contributed by atoms with E-state index in [9.17, 15) is 47.3 Å². The number of amides is 1. The van der Waals surface area contributed by atoms with Crippen LogP contribution in [0.4, 0.5) is 35.0 Å². The van der Waals surface area contributed by atoms with Gasteiger partial charge in [0, 0.05) is 68.4 Å². The number of rotatable bonds is 13. The fraction of sp³-hybridized carbons (Fsp3) is 0.203. The molecule has 12 aromatic rings. The summed E-state index contributed by atoms with van der Waals surface area (Å²) in [5.41, 5.74) is 22.2. The minimum Gasteiger partial charge on any atom is -0.454 e. The number of halogens is 5. The van der Waals surface area contributed by atoms with Crippen molar-refractivity contribution in [1.82, 2.24) is 59.0 Å². The van der Waals surface area contributed by atoms with E-state index in [1.54, 1.807) is 110 Å². The number of aromatic nitrogens is 9. The minimum absolute atomic E-state index is 0.0841. The van der Waals surface area contributed by atoms with E-state index in [0.29, 0.717) is 116 Å². The normalized spacial score (nSPS) is 15.9. The zero-order valence-corrected chi connectivity index (χ0v) is 55.6. The summed E-state index contributed by atoms with van der Waals surface area (Å²) >= 11 is 6.94. The molecular formula is C74H64ClF4N17O7. The Morgan fingerprint density at radius 1 is 0.534 bits per heavy atom. The van der Waals surface area contributed by atoms with Crippen LogP contribution in [0.3, 0.4) is 0 Å². The van der Waals surface area contributed by atoms with Crippen LogP contribution in [0.5, 0.6) is 34.5 Å². The molecule has 0 saturated carbocycles. The monoisotopic (exact) mass is 1410 g/mol. The van der Waals surface area contributed by atoms with Gasteiger partial charge in [0.05, 0.1) is 34.3 Å². The van der Waals surface area contributed by atoms with Crippen LogP contribution in [-0.2, 0) is 4.79 Å². The Labute approximate surface area is 588 Å². The van der Waals surface area contributed by atoms with E-state index in [0.717, 1.165) is 56.2 Å². The van der Waals surface area contributed by atoms with E-state index >= 15 is 0 Å². The first-order chi connectivity index (χ1) is 49.9. The number of nitrogen functional groups attached to an aromatic ring is 3. The summed E-state index contributed by atoms with van der Waals surface area (Å²) in [4.78, 5) is 55.7. The van der Waals surface area contributed by atoms with Crippen LogP contribution in [0.25, 0.3) is 66.1 Å². The summed E-state index contributed by atoms with van der Waals surface area (Å²) in [6.07, 6.45) is 14.0. The number of carbonyl (C=O) groups excluding carboxylic acids is 1. The van der Waals surface area contributed by atoms with Gasteiger partial charge in [-0.15, -0.1) is 0 Å².